The molecule has 0 aliphatic rings. The Labute approximate surface area is 194 Å². The molecule has 0 radical (unpaired) electrons. The van der Waals surface area contributed by atoms with Gasteiger partial charge in [-0.1, -0.05) is 35.4 Å². The van der Waals surface area contributed by atoms with Gasteiger partial charge in [0.2, 0.25) is 0 Å². The Morgan fingerprint density at radius 3 is 1.73 bits per heavy atom. The van der Waals surface area contributed by atoms with E-state index in [1.807, 2.05) is 13.8 Å². The van der Waals surface area contributed by atoms with Crippen LogP contribution in [-0.2, 0) is 38.1 Å². The van der Waals surface area contributed by atoms with Crippen LogP contribution in [0.5, 0.6) is 0 Å². The molecule has 2 rings (SSSR count). The summed E-state index contributed by atoms with van der Waals surface area (Å²) in [5.74, 6) is -0.856. The van der Waals surface area contributed by atoms with Crippen LogP contribution in [0, 0.1) is 13.8 Å². The minimum absolute atomic E-state index is 0.0136. The van der Waals surface area contributed by atoms with E-state index in [0.717, 1.165) is 24.3 Å². The highest BCUT2D eigenvalue weighted by atomic mass is 32.2. The van der Waals surface area contributed by atoms with Crippen LogP contribution in [0.15, 0.2) is 82.0 Å². The number of hydrogen-bond acceptors (Lipinski definition) is 8. The minimum atomic E-state index is -4.17. The van der Waals surface area contributed by atoms with Crippen LogP contribution in [0.3, 0.4) is 0 Å². The first-order chi connectivity index (χ1) is 15.4. The molecule has 178 valence electrons. The maximum absolute atomic E-state index is 12.6. The highest BCUT2D eigenvalue weighted by Crippen LogP contribution is 2.21. The molecule has 0 heterocycles. The zero-order chi connectivity index (χ0) is 24.6. The summed E-state index contributed by atoms with van der Waals surface area (Å²) in [6, 6.07) is 12.2. The number of esters is 1. The van der Waals surface area contributed by atoms with Gasteiger partial charge in [-0.15, -0.1) is 0 Å². The number of rotatable bonds is 10. The van der Waals surface area contributed by atoms with Crippen LogP contribution in [0.2, 0.25) is 0 Å². The van der Waals surface area contributed by atoms with Gasteiger partial charge in [0.1, 0.15) is 21.3 Å². The predicted octanol–water partition coefficient (Wildman–Crippen LogP) is 4.16. The van der Waals surface area contributed by atoms with Gasteiger partial charge < -0.3 is 13.1 Å². The van der Waals surface area contributed by atoms with Gasteiger partial charge in [-0.3, -0.25) is 0 Å². The molecule has 0 N–H and O–H groups in total. The van der Waals surface area contributed by atoms with Crippen molar-refractivity contribution >= 4 is 26.2 Å². The molecule has 0 bridgehead atoms. The first-order valence-electron chi connectivity index (χ1n) is 9.90. The fraction of sp³-hybridized carbons (Fsp3) is 0.261. The third-order valence-corrected chi connectivity index (χ3v) is 6.99. The topological polar surface area (TPSA) is 113 Å². The fourth-order valence-electron chi connectivity index (χ4n) is 2.60. The van der Waals surface area contributed by atoms with E-state index in [9.17, 15) is 21.6 Å². The van der Waals surface area contributed by atoms with Crippen molar-refractivity contribution in [3.63, 3.8) is 0 Å². The van der Waals surface area contributed by atoms with Crippen LogP contribution >= 0.6 is 0 Å². The average Bonchev–Trinajstić information content (AvgIpc) is 2.73. The molecule has 0 aromatic heterocycles. The average molecular weight is 495 g/mol. The van der Waals surface area contributed by atoms with Crippen molar-refractivity contribution in [1.29, 1.82) is 0 Å². The summed E-state index contributed by atoms with van der Waals surface area (Å²) in [6.07, 6.45) is 2.50. The first kappa shape index (κ1) is 26.1. The lowest BCUT2D eigenvalue weighted by molar-refractivity contribution is -0.135. The second kappa shape index (κ2) is 11.2. The largest absolute Gasteiger partial charge is 0.466 e. The number of hydrogen-bond donors (Lipinski definition) is 0. The van der Waals surface area contributed by atoms with E-state index in [1.54, 1.807) is 24.3 Å². The third-order valence-electron chi connectivity index (χ3n) is 4.38. The molecule has 8 nitrogen and oxygen atoms in total. The van der Waals surface area contributed by atoms with E-state index in [0.29, 0.717) is 0 Å². The Kier molecular flexibility index (Phi) is 8.84. The third kappa shape index (κ3) is 8.07. The lowest BCUT2D eigenvalue weighted by atomic mass is 10.2. The van der Waals surface area contributed by atoms with Crippen LogP contribution in [0.1, 0.15) is 30.9 Å². The second-order valence-electron chi connectivity index (χ2n) is 7.19. The van der Waals surface area contributed by atoms with Gasteiger partial charge in [0.05, 0.1) is 13.2 Å². The molecule has 0 aliphatic heterocycles. The zero-order valence-corrected chi connectivity index (χ0v) is 20.4. The van der Waals surface area contributed by atoms with Crippen molar-refractivity contribution in [3.05, 3.63) is 83.3 Å². The highest BCUT2D eigenvalue weighted by Gasteiger charge is 2.19. The van der Waals surface area contributed by atoms with E-state index < -0.39 is 26.2 Å². The van der Waals surface area contributed by atoms with E-state index in [4.69, 9.17) is 8.37 Å². The molecular weight excluding hydrogens is 468 g/mol. The molecule has 0 fully saturated rings. The Morgan fingerprint density at radius 1 is 0.818 bits per heavy atom. The van der Waals surface area contributed by atoms with Crippen molar-refractivity contribution in [2.75, 3.05) is 7.11 Å². The molecular formula is C23H26O8S2. The molecule has 2 aromatic carbocycles. The van der Waals surface area contributed by atoms with Crippen molar-refractivity contribution in [1.82, 2.24) is 0 Å². The van der Waals surface area contributed by atoms with Gasteiger partial charge >= 0.3 is 26.2 Å². The van der Waals surface area contributed by atoms with Crippen molar-refractivity contribution < 1.29 is 34.7 Å². The quantitative estimate of drug-likeness (QED) is 0.209. The lowest BCUT2D eigenvalue weighted by Gasteiger charge is -2.11. The van der Waals surface area contributed by atoms with Crippen molar-refractivity contribution in [2.24, 2.45) is 0 Å². The van der Waals surface area contributed by atoms with Crippen molar-refractivity contribution in [3.8, 4) is 0 Å². The number of carbonyl (C=O) groups excluding carboxylic acids is 1. The summed E-state index contributed by atoms with van der Waals surface area (Å²) in [6.45, 7) is 5.11. The first-order valence-corrected chi connectivity index (χ1v) is 12.7. The number of allylic oxidation sites excluding steroid dienone is 3. The second-order valence-corrected chi connectivity index (χ2v) is 10.3. The molecule has 0 amide bonds. The van der Waals surface area contributed by atoms with Crippen LogP contribution in [-0.4, -0.2) is 29.9 Å². The highest BCUT2D eigenvalue weighted by molar-refractivity contribution is 7.87. The van der Waals surface area contributed by atoms with Gasteiger partial charge in [0.25, 0.3) is 0 Å². The van der Waals surface area contributed by atoms with Gasteiger partial charge in [-0.05, 0) is 57.5 Å². The SMILES string of the molecule is COC(=O)/C=C(/CC/C=C(/C)OS(=O)(=O)c1ccc(C)cc1)OS(=O)(=O)c1ccc(C)cc1. The normalized spacial score (nSPS) is 12.8. The van der Waals surface area contributed by atoms with Crippen molar-refractivity contribution in [2.45, 2.75) is 43.4 Å². The summed E-state index contributed by atoms with van der Waals surface area (Å²) in [5.41, 5.74) is 1.78. The smallest absolute Gasteiger partial charge is 0.338 e. The summed E-state index contributed by atoms with van der Waals surface area (Å²) in [4.78, 5) is 11.6. The van der Waals surface area contributed by atoms with Gasteiger partial charge in [-0.25, -0.2) is 4.79 Å². The summed E-state index contributed by atoms with van der Waals surface area (Å²) >= 11 is 0. The molecule has 0 saturated heterocycles. The molecule has 33 heavy (non-hydrogen) atoms. The molecule has 0 saturated carbocycles. The Hall–Kier alpha value is -3.11. The minimum Gasteiger partial charge on any atom is -0.466 e. The lowest BCUT2D eigenvalue weighted by Crippen LogP contribution is -2.09. The van der Waals surface area contributed by atoms with Crippen LogP contribution in [0.25, 0.3) is 0 Å². The Balaban J connectivity index is 2.12. The van der Waals surface area contributed by atoms with Gasteiger partial charge in [-0.2, -0.15) is 16.8 Å². The molecule has 0 atom stereocenters. The Morgan fingerprint density at radius 2 is 1.27 bits per heavy atom. The fourth-order valence-corrected chi connectivity index (χ4v) is 4.56. The van der Waals surface area contributed by atoms with Gasteiger partial charge in [0.15, 0.2) is 0 Å². The standard InChI is InChI=1S/C23H26O8S2/c1-17-8-12-21(13-9-17)32(25,26)30-19(3)6-5-7-20(16-23(24)29-4)31-33(27,28)22-14-10-18(2)11-15-22/h6,8-16H,5,7H2,1-4H3/b19-6-,20-16-. The summed E-state index contributed by atoms with van der Waals surface area (Å²) in [5, 5.41) is 0. The number of benzene rings is 2. The van der Waals surface area contributed by atoms with Crippen LogP contribution < -0.4 is 0 Å². The number of carbonyl (C=O) groups is 1. The summed E-state index contributed by atoms with van der Waals surface area (Å²) in [7, 11) is -7.02. The molecule has 0 aliphatic carbocycles. The zero-order valence-electron chi connectivity index (χ0n) is 18.8. The molecule has 10 heteroatoms. The molecule has 0 spiro atoms. The molecule has 2 aromatic rings. The predicted molar refractivity (Wildman–Crippen MR) is 122 cm³/mol. The number of aryl methyl sites for hydroxylation is 2. The Bertz CT molecular complexity index is 1240. The summed E-state index contributed by atoms with van der Waals surface area (Å²) < 4.78 is 64.6. The maximum atomic E-state index is 12.6. The number of ether oxygens (including phenoxy) is 1. The van der Waals surface area contributed by atoms with Gasteiger partial charge in [0, 0.05) is 6.42 Å². The molecule has 0 unspecified atom stereocenters. The van der Waals surface area contributed by atoms with E-state index in [2.05, 4.69) is 4.74 Å². The van der Waals surface area contributed by atoms with E-state index in [1.165, 1.54) is 37.3 Å². The maximum Gasteiger partial charge on any atom is 0.338 e. The van der Waals surface area contributed by atoms with E-state index >= 15 is 0 Å². The van der Waals surface area contributed by atoms with E-state index in [-0.39, 0.29) is 34.2 Å². The van der Waals surface area contributed by atoms with Crippen LogP contribution in [0.4, 0.5) is 0 Å². The number of methoxy groups -OCH3 is 1. The monoisotopic (exact) mass is 494 g/mol.